The summed E-state index contributed by atoms with van der Waals surface area (Å²) in [5.74, 6) is 1.95. The first kappa shape index (κ1) is 26.5. The molecule has 4 fully saturated rings. The Hall–Kier alpha value is -4.14. The number of phenolic OH excluding ortho intramolecular Hbond substituents is 1. The average molecular weight is 587 g/mol. The van der Waals surface area contributed by atoms with Gasteiger partial charge in [0.2, 0.25) is 0 Å². The van der Waals surface area contributed by atoms with Crippen molar-refractivity contribution in [2.75, 3.05) is 37.7 Å². The molecule has 1 saturated carbocycles. The van der Waals surface area contributed by atoms with Crippen molar-refractivity contribution in [1.29, 1.82) is 0 Å². The van der Waals surface area contributed by atoms with Crippen molar-refractivity contribution in [2.45, 2.75) is 37.0 Å². The monoisotopic (exact) mass is 586 g/mol. The molecule has 5 heterocycles. The Kier molecular flexibility index (Phi) is 5.81. The van der Waals surface area contributed by atoms with Crippen LogP contribution in [0.15, 0.2) is 30.5 Å². The van der Waals surface area contributed by atoms with Gasteiger partial charge in [-0.15, -0.1) is 6.42 Å². The van der Waals surface area contributed by atoms with E-state index < -0.39 is 23.3 Å². The molecule has 3 saturated heterocycles. The first-order valence-corrected chi connectivity index (χ1v) is 14.6. The standard InChI is InChI=1S/C32H29F3N6O2/c1-2-19-24(34)5-4-16-8-18(42)9-20(25(16)19)28-26(35)29-21(11-37-28)30(40-13-22-23(14-40)27(22)36)39-31(38-29)43-15-32-6-3-7-41(32)12-17(33)10-32/h1,4-5,8-9,11,17,22-23,27,42H,3,6-7,10,12-15,36H2/t17-,22-,23+,27?,32+/m1/s1. The van der Waals surface area contributed by atoms with E-state index in [1.807, 2.05) is 0 Å². The van der Waals surface area contributed by atoms with Crippen LogP contribution in [0.5, 0.6) is 11.8 Å². The summed E-state index contributed by atoms with van der Waals surface area (Å²) in [5, 5.41) is 11.6. The number of piperidine rings is 1. The van der Waals surface area contributed by atoms with E-state index in [-0.39, 0.29) is 52.1 Å². The molecule has 220 valence electrons. The molecule has 4 aromatic rings. The van der Waals surface area contributed by atoms with E-state index in [1.54, 1.807) is 0 Å². The molecule has 0 amide bonds. The largest absolute Gasteiger partial charge is 0.508 e. The van der Waals surface area contributed by atoms with Crippen LogP contribution < -0.4 is 15.4 Å². The summed E-state index contributed by atoms with van der Waals surface area (Å²) in [6.07, 6.45) is 8.36. The average Bonchev–Trinajstić information content (AvgIpc) is 3.36. The zero-order chi connectivity index (χ0) is 29.6. The molecule has 3 aliphatic heterocycles. The van der Waals surface area contributed by atoms with Crippen LogP contribution in [0, 0.1) is 35.8 Å². The lowest BCUT2D eigenvalue weighted by Crippen LogP contribution is -2.43. The van der Waals surface area contributed by atoms with Crippen molar-refractivity contribution in [3.63, 3.8) is 0 Å². The molecule has 43 heavy (non-hydrogen) atoms. The number of nitrogens with two attached hydrogens (primary N) is 1. The van der Waals surface area contributed by atoms with Crippen molar-refractivity contribution in [3.8, 4) is 35.4 Å². The van der Waals surface area contributed by atoms with Gasteiger partial charge in [0.05, 0.1) is 16.5 Å². The number of fused-ring (bicyclic) bond motifs is 4. The zero-order valence-corrected chi connectivity index (χ0v) is 23.2. The van der Waals surface area contributed by atoms with Crippen LogP contribution in [-0.4, -0.2) is 75.5 Å². The maximum Gasteiger partial charge on any atom is 0.319 e. The van der Waals surface area contributed by atoms with Gasteiger partial charge in [0.1, 0.15) is 41.4 Å². The molecule has 2 aromatic carbocycles. The second-order valence-electron chi connectivity index (χ2n) is 12.3. The minimum absolute atomic E-state index is 0.0110. The van der Waals surface area contributed by atoms with Crippen LogP contribution in [0.1, 0.15) is 24.8 Å². The number of benzene rings is 2. The Morgan fingerprint density at radius 2 is 1.98 bits per heavy atom. The highest BCUT2D eigenvalue weighted by atomic mass is 19.1. The van der Waals surface area contributed by atoms with Crippen LogP contribution in [0.4, 0.5) is 19.0 Å². The number of aromatic hydroxyl groups is 1. The predicted molar refractivity (Wildman–Crippen MR) is 156 cm³/mol. The van der Waals surface area contributed by atoms with E-state index >= 15 is 4.39 Å². The highest BCUT2D eigenvalue weighted by molar-refractivity contribution is 6.03. The number of alkyl halides is 1. The van der Waals surface area contributed by atoms with Crippen LogP contribution in [0.3, 0.4) is 0 Å². The predicted octanol–water partition coefficient (Wildman–Crippen LogP) is 4.16. The lowest BCUT2D eigenvalue weighted by atomic mass is 9.95. The van der Waals surface area contributed by atoms with Crippen molar-refractivity contribution in [1.82, 2.24) is 19.9 Å². The van der Waals surface area contributed by atoms with E-state index in [9.17, 15) is 13.9 Å². The van der Waals surface area contributed by atoms with Gasteiger partial charge in [0, 0.05) is 49.2 Å². The fraction of sp³-hybridized carbons (Fsp3) is 0.406. The number of rotatable bonds is 5. The maximum absolute atomic E-state index is 16.6. The van der Waals surface area contributed by atoms with E-state index in [0.29, 0.717) is 54.5 Å². The third-order valence-electron chi connectivity index (χ3n) is 9.89. The molecule has 0 bridgehead atoms. The third-order valence-corrected chi connectivity index (χ3v) is 9.89. The van der Waals surface area contributed by atoms with Gasteiger partial charge in [-0.1, -0.05) is 12.0 Å². The van der Waals surface area contributed by atoms with E-state index in [1.165, 1.54) is 30.5 Å². The molecule has 8 rings (SSSR count). The summed E-state index contributed by atoms with van der Waals surface area (Å²) in [5.41, 5.74) is 5.65. The lowest BCUT2D eigenvalue weighted by Gasteiger charge is -2.31. The fourth-order valence-corrected chi connectivity index (χ4v) is 7.66. The first-order valence-electron chi connectivity index (χ1n) is 14.6. The smallest absolute Gasteiger partial charge is 0.319 e. The Bertz CT molecular complexity index is 1850. The van der Waals surface area contributed by atoms with Crippen LogP contribution in [0.2, 0.25) is 0 Å². The number of aromatic nitrogens is 3. The zero-order valence-electron chi connectivity index (χ0n) is 23.2. The Balaban J connectivity index is 1.27. The summed E-state index contributed by atoms with van der Waals surface area (Å²) in [6, 6.07) is 5.57. The number of ether oxygens (including phenoxy) is 1. The van der Waals surface area contributed by atoms with Crippen molar-refractivity contribution >= 4 is 27.5 Å². The van der Waals surface area contributed by atoms with Crippen molar-refractivity contribution < 1.29 is 23.0 Å². The van der Waals surface area contributed by atoms with Gasteiger partial charge in [-0.25, -0.2) is 13.2 Å². The minimum atomic E-state index is -0.918. The van der Waals surface area contributed by atoms with Gasteiger partial charge >= 0.3 is 6.01 Å². The molecule has 4 aliphatic rings. The number of nitrogens with zero attached hydrogens (tertiary/aromatic N) is 5. The molecule has 1 unspecified atom stereocenters. The highest BCUT2D eigenvalue weighted by Gasteiger charge is 2.54. The Labute approximate surface area is 245 Å². The first-order chi connectivity index (χ1) is 20.8. The summed E-state index contributed by atoms with van der Waals surface area (Å²) in [7, 11) is 0. The second-order valence-corrected chi connectivity index (χ2v) is 12.3. The maximum atomic E-state index is 16.6. The SMILES string of the molecule is C#Cc1c(F)ccc2cc(O)cc(-c3ncc4c(N5C[C@@H]6C(N)[C@@H]6C5)nc(OC[C@@]56CCCN5C[C@H](F)C6)nc4c3F)c12. The molecular weight excluding hydrogens is 557 g/mol. The quantitative estimate of drug-likeness (QED) is 0.337. The number of halogens is 3. The van der Waals surface area contributed by atoms with Crippen LogP contribution in [0.25, 0.3) is 32.9 Å². The number of hydrogen-bond acceptors (Lipinski definition) is 8. The third kappa shape index (κ3) is 4.03. The summed E-state index contributed by atoms with van der Waals surface area (Å²) >= 11 is 0. The topological polar surface area (TPSA) is 101 Å². The Morgan fingerprint density at radius 3 is 2.77 bits per heavy atom. The number of terminal acetylenes is 1. The van der Waals surface area contributed by atoms with Crippen LogP contribution >= 0.6 is 0 Å². The van der Waals surface area contributed by atoms with Gasteiger partial charge < -0.3 is 20.5 Å². The number of hydrogen-bond donors (Lipinski definition) is 2. The van der Waals surface area contributed by atoms with E-state index in [0.717, 1.165) is 19.4 Å². The van der Waals surface area contributed by atoms with Crippen molar-refractivity contribution in [3.05, 3.63) is 47.7 Å². The Morgan fingerprint density at radius 1 is 1.16 bits per heavy atom. The van der Waals surface area contributed by atoms with E-state index in [4.69, 9.17) is 21.9 Å². The van der Waals surface area contributed by atoms with Crippen molar-refractivity contribution in [2.24, 2.45) is 17.6 Å². The second kappa shape index (κ2) is 9.43. The summed E-state index contributed by atoms with van der Waals surface area (Å²) in [4.78, 5) is 17.8. The molecule has 8 nitrogen and oxygen atoms in total. The van der Waals surface area contributed by atoms with Gasteiger partial charge in [-0.3, -0.25) is 9.88 Å². The molecule has 0 spiro atoms. The fourth-order valence-electron chi connectivity index (χ4n) is 7.66. The molecular formula is C32H29F3N6O2. The number of pyridine rings is 1. The highest BCUT2D eigenvalue weighted by Crippen LogP contribution is 2.47. The molecule has 2 aromatic heterocycles. The molecule has 11 heteroatoms. The minimum Gasteiger partial charge on any atom is -0.508 e. The molecule has 0 radical (unpaired) electrons. The van der Waals surface area contributed by atoms with Gasteiger partial charge in [-0.2, -0.15) is 9.97 Å². The van der Waals surface area contributed by atoms with Gasteiger partial charge in [0.15, 0.2) is 5.82 Å². The van der Waals surface area contributed by atoms with Gasteiger partial charge in [0.25, 0.3) is 0 Å². The van der Waals surface area contributed by atoms with E-state index in [2.05, 4.69) is 25.7 Å². The van der Waals surface area contributed by atoms with Gasteiger partial charge in [-0.05, 0) is 54.8 Å². The molecule has 1 aliphatic carbocycles. The molecule has 5 atom stereocenters. The summed E-state index contributed by atoms with van der Waals surface area (Å²) < 4.78 is 51.9. The normalized spacial score (nSPS) is 27.9. The lowest BCUT2D eigenvalue weighted by molar-refractivity contribution is 0.107. The number of phenols is 1. The molecule has 3 N–H and O–H groups in total. The van der Waals surface area contributed by atoms with Crippen LogP contribution in [-0.2, 0) is 0 Å². The number of anilines is 1. The summed E-state index contributed by atoms with van der Waals surface area (Å²) in [6.45, 7) is 2.72.